The molecule has 1 aliphatic rings. The molecule has 2 amide bonds. The van der Waals surface area contributed by atoms with E-state index in [2.05, 4.69) is 15.3 Å². The van der Waals surface area contributed by atoms with Gasteiger partial charge in [0, 0.05) is 31.0 Å². The van der Waals surface area contributed by atoms with Gasteiger partial charge in [0.1, 0.15) is 5.60 Å². The summed E-state index contributed by atoms with van der Waals surface area (Å²) in [5.41, 5.74) is 2.16. The zero-order valence-corrected chi connectivity index (χ0v) is 14.9. The molecule has 8 nitrogen and oxygen atoms in total. The van der Waals surface area contributed by atoms with Crippen molar-refractivity contribution < 1.29 is 14.3 Å². The molecule has 140 valence electrons. The van der Waals surface area contributed by atoms with Gasteiger partial charge in [0.25, 0.3) is 0 Å². The molecule has 1 aromatic carbocycles. The highest BCUT2D eigenvalue weighted by Crippen LogP contribution is 2.31. The van der Waals surface area contributed by atoms with Crippen LogP contribution >= 0.6 is 0 Å². The number of nitrogens with one attached hydrogen (secondary N) is 2. The summed E-state index contributed by atoms with van der Waals surface area (Å²) in [6.45, 7) is 2.78. The lowest BCUT2D eigenvalue weighted by molar-refractivity contribution is -0.0193. The van der Waals surface area contributed by atoms with Gasteiger partial charge in [-0.05, 0) is 43.5 Å². The van der Waals surface area contributed by atoms with E-state index in [1.807, 2.05) is 19.1 Å². The van der Waals surface area contributed by atoms with Gasteiger partial charge in [0.2, 0.25) is 0 Å². The zero-order valence-electron chi connectivity index (χ0n) is 14.9. The largest absolute Gasteiger partial charge is 0.417 e. The van der Waals surface area contributed by atoms with Gasteiger partial charge < -0.3 is 19.7 Å². The molecule has 0 unspecified atom stereocenters. The number of oxazole rings is 1. The lowest BCUT2D eigenvalue weighted by Crippen LogP contribution is -2.47. The number of aromatic amines is 1. The lowest BCUT2D eigenvalue weighted by Gasteiger charge is -2.37. The third-order valence-corrected chi connectivity index (χ3v) is 4.94. The van der Waals surface area contributed by atoms with Crippen molar-refractivity contribution in [1.82, 2.24) is 14.9 Å². The predicted octanol–water partition coefficient (Wildman–Crippen LogP) is 2.34. The molecule has 3 aromatic rings. The molecule has 2 aromatic heterocycles. The first-order valence-corrected chi connectivity index (χ1v) is 8.77. The first-order chi connectivity index (χ1) is 12.9. The normalized spacial score (nSPS) is 16.4. The number of H-pyrrole nitrogens is 1. The van der Waals surface area contributed by atoms with Gasteiger partial charge in [-0.2, -0.15) is 0 Å². The van der Waals surface area contributed by atoms with Crippen LogP contribution in [-0.2, 0) is 5.60 Å². The van der Waals surface area contributed by atoms with Crippen molar-refractivity contribution in [2.75, 3.05) is 18.4 Å². The van der Waals surface area contributed by atoms with Crippen LogP contribution in [0.3, 0.4) is 0 Å². The average Bonchev–Trinajstić information content (AvgIpc) is 3.02. The topological polar surface area (TPSA) is 111 Å². The first kappa shape index (κ1) is 17.3. The van der Waals surface area contributed by atoms with Crippen LogP contribution in [0, 0.1) is 6.92 Å². The minimum Gasteiger partial charge on any atom is -0.408 e. The number of benzene rings is 1. The number of urea groups is 1. The number of aromatic nitrogens is 2. The van der Waals surface area contributed by atoms with Crippen molar-refractivity contribution in [3.05, 3.63) is 58.3 Å². The van der Waals surface area contributed by atoms with Crippen LogP contribution in [0.2, 0.25) is 0 Å². The van der Waals surface area contributed by atoms with Crippen LogP contribution < -0.4 is 11.1 Å². The van der Waals surface area contributed by atoms with Gasteiger partial charge in [-0.25, -0.2) is 9.59 Å². The number of carbonyl (C=O) groups excluding carboxylic acids is 1. The van der Waals surface area contributed by atoms with Gasteiger partial charge in [-0.1, -0.05) is 6.07 Å². The molecular formula is C19H20N4O4. The molecule has 0 spiro atoms. The number of rotatable bonds is 2. The Bertz CT molecular complexity index is 1030. The number of aliphatic hydroxyl groups is 1. The maximum Gasteiger partial charge on any atom is 0.417 e. The number of amides is 2. The Morgan fingerprint density at radius 1 is 1.30 bits per heavy atom. The fraction of sp³-hybridized carbons (Fsp3) is 0.316. The Morgan fingerprint density at radius 3 is 2.78 bits per heavy atom. The molecule has 3 heterocycles. The molecular weight excluding hydrogens is 348 g/mol. The molecule has 0 aliphatic carbocycles. The summed E-state index contributed by atoms with van der Waals surface area (Å²) in [6.07, 6.45) is 2.58. The number of aryl methyl sites for hydroxylation is 1. The molecule has 4 rings (SSSR count). The number of hydrogen-bond acceptors (Lipinski definition) is 5. The van der Waals surface area contributed by atoms with Crippen molar-refractivity contribution in [1.29, 1.82) is 0 Å². The fourth-order valence-electron chi connectivity index (χ4n) is 3.30. The highest BCUT2D eigenvalue weighted by Gasteiger charge is 2.36. The quantitative estimate of drug-likeness (QED) is 0.643. The van der Waals surface area contributed by atoms with E-state index in [1.54, 1.807) is 29.3 Å². The molecule has 1 saturated heterocycles. The molecule has 0 atom stereocenters. The van der Waals surface area contributed by atoms with Crippen LogP contribution in [0.1, 0.15) is 24.1 Å². The van der Waals surface area contributed by atoms with E-state index in [-0.39, 0.29) is 6.03 Å². The maximum absolute atomic E-state index is 12.5. The second kappa shape index (κ2) is 6.55. The van der Waals surface area contributed by atoms with E-state index in [9.17, 15) is 14.7 Å². The Kier molecular flexibility index (Phi) is 4.19. The minimum atomic E-state index is -1.02. The second-order valence-corrected chi connectivity index (χ2v) is 6.90. The molecule has 8 heteroatoms. The Balaban J connectivity index is 1.41. The molecule has 0 bridgehead atoms. The Morgan fingerprint density at radius 2 is 2.07 bits per heavy atom. The number of nitrogens with zero attached hydrogens (tertiary/aromatic N) is 2. The van der Waals surface area contributed by atoms with Crippen molar-refractivity contribution in [3.63, 3.8) is 0 Å². The molecule has 0 saturated carbocycles. The summed E-state index contributed by atoms with van der Waals surface area (Å²) in [4.78, 5) is 32.3. The number of piperidine rings is 1. The Hall–Kier alpha value is -3.13. The third-order valence-electron chi connectivity index (χ3n) is 4.94. The van der Waals surface area contributed by atoms with Crippen LogP contribution in [0.5, 0.6) is 0 Å². The van der Waals surface area contributed by atoms with E-state index in [1.165, 1.54) is 0 Å². The summed E-state index contributed by atoms with van der Waals surface area (Å²) in [5.74, 6) is -0.534. The van der Waals surface area contributed by atoms with Gasteiger partial charge in [-0.15, -0.1) is 0 Å². The number of carbonyl (C=O) groups is 1. The van der Waals surface area contributed by atoms with Crippen molar-refractivity contribution in [2.45, 2.75) is 25.4 Å². The molecule has 27 heavy (non-hydrogen) atoms. The number of hydrogen-bond donors (Lipinski definition) is 3. The van der Waals surface area contributed by atoms with Crippen LogP contribution in [-0.4, -0.2) is 39.1 Å². The SMILES string of the molecule is Cc1ccc(C2(O)CCN(C(=O)Nc3ccc4[nH]c(=O)oc4c3)CC2)nc1. The van der Waals surface area contributed by atoms with Crippen LogP contribution in [0.25, 0.3) is 11.1 Å². The van der Waals surface area contributed by atoms with Gasteiger partial charge in [0.15, 0.2) is 5.58 Å². The van der Waals surface area contributed by atoms with E-state index >= 15 is 0 Å². The van der Waals surface area contributed by atoms with Crippen molar-refractivity contribution >= 4 is 22.8 Å². The molecule has 0 radical (unpaired) electrons. The number of pyridine rings is 1. The first-order valence-electron chi connectivity index (χ1n) is 8.77. The number of likely N-dealkylation sites (tertiary alicyclic amines) is 1. The van der Waals surface area contributed by atoms with Gasteiger partial charge in [-0.3, -0.25) is 9.97 Å². The molecule has 1 fully saturated rings. The second-order valence-electron chi connectivity index (χ2n) is 6.90. The third kappa shape index (κ3) is 3.43. The predicted molar refractivity (Wildman–Crippen MR) is 99.5 cm³/mol. The monoisotopic (exact) mass is 368 g/mol. The maximum atomic E-state index is 12.5. The highest BCUT2D eigenvalue weighted by molar-refractivity contribution is 5.91. The average molecular weight is 368 g/mol. The minimum absolute atomic E-state index is 0.258. The van der Waals surface area contributed by atoms with E-state index in [0.717, 1.165) is 5.56 Å². The summed E-state index contributed by atoms with van der Waals surface area (Å²) >= 11 is 0. The highest BCUT2D eigenvalue weighted by atomic mass is 16.4. The van der Waals surface area contributed by atoms with Gasteiger partial charge >= 0.3 is 11.8 Å². The van der Waals surface area contributed by atoms with Crippen molar-refractivity contribution in [3.8, 4) is 0 Å². The summed E-state index contributed by atoms with van der Waals surface area (Å²) in [7, 11) is 0. The number of anilines is 1. The molecule has 3 N–H and O–H groups in total. The van der Waals surface area contributed by atoms with Crippen LogP contribution in [0.15, 0.2) is 45.7 Å². The van der Waals surface area contributed by atoms with Crippen molar-refractivity contribution in [2.24, 2.45) is 0 Å². The fourth-order valence-corrected chi connectivity index (χ4v) is 3.30. The zero-order chi connectivity index (χ0) is 19.0. The summed E-state index contributed by atoms with van der Waals surface area (Å²) in [5, 5.41) is 13.7. The smallest absolute Gasteiger partial charge is 0.408 e. The van der Waals surface area contributed by atoms with Gasteiger partial charge in [0.05, 0.1) is 11.2 Å². The summed E-state index contributed by atoms with van der Waals surface area (Å²) in [6, 6.07) is 8.48. The Labute approximate surface area is 154 Å². The summed E-state index contributed by atoms with van der Waals surface area (Å²) < 4.78 is 5.00. The van der Waals surface area contributed by atoms with Crippen LogP contribution in [0.4, 0.5) is 10.5 Å². The van der Waals surface area contributed by atoms with E-state index in [0.29, 0.717) is 48.4 Å². The standard InChI is InChI=1S/C19H20N4O4/c1-12-2-5-16(20-11-12)19(26)6-8-23(9-7-19)17(24)21-13-3-4-14-15(10-13)27-18(25)22-14/h2-5,10-11,26H,6-9H2,1H3,(H,21,24)(H,22,25). The lowest BCUT2D eigenvalue weighted by atomic mass is 9.87. The van der Waals surface area contributed by atoms with E-state index < -0.39 is 11.4 Å². The molecule has 1 aliphatic heterocycles. The number of fused-ring (bicyclic) bond motifs is 1. The van der Waals surface area contributed by atoms with E-state index in [4.69, 9.17) is 4.42 Å².